The molecule has 1 fully saturated rings. The second kappa shape index (κ2) is 8.28. The average Bonchev–Trinajstić information content (AvgIpc) is 2.76. The highest BCUT2D eigenvalue weighted by molar-refractivity contribution is 6.31. The highest BCUT2D eigenvalue weighted by atomic mass is 16.5. The van der Waals surface area contributed by atoms with Crippen LogP contribution in [0.4, 0.5) is 0 Å². The number of hydrogen-bond acceptors (Lipinski definition) is 10. The van der Waals surface area contributed by atoms with E-state index in [2.05, 4.69) is 0 Å². The summed E-state index contributed by atoms with van der Waals surface area (Å²) in [5.74, 6) is -5.97. The molecule has 11 nitrogen and oxygen atoms in total. The van der Waals surface area contributed by atoms with E-state index in [1.165, 1.54) is 6.92 Å². The molecule has 1 heterocycles. The van der Waals surface area contributed by atoms with Gasteiger partial charge in [-0.25, -0.2) is 4.79 Å². The molecule has 0 spiro atoms. The summed E-state index contributed by atoms with van der Waals surface area (Å²) in [5.41, 5.74) is -2.69. The zero-order valence-electron chi connectivity index (χ0n) is 18.2. The number of fused-ring (bicyclic) bond motifs is 2. The Balaban J connectivity index is 2.00. The summed E-state index contributed by atoms with van der Waals surface area (Å²) in [6, 6.07) is 0.850. The highest BCUT2D eigenvalue weighted by Crippen LogP contribution is 2.52. The van der Waals surface area contributed by atoms with Gasteiger partial charge in [0.25, 0.3) is 0 Å². The number of carbonyl (C=O) groups is 3. The van der Waals surface area contributed by atoms with Crippen LogP contribution in [0.5, 0.6) is 23.0 Å². The largest absolute Gasteiger partial charge is 0.507 e. The fraction of sp³-hybridized carbons (Fsp3) is 0.348. The minimum Gasteiger partial charge on any atom is -0.507 e. The van der Waals surface area contributed by atoms with Gasteiger partial charge in [-0.05, 0) is 18.6 Å². The number of phenols is 3. The van der Waals surface area contributed by atoms with Gasteiger partial charge in [-0.1, -0.05) is 0 Å². The van der Waals surface area contributed by atoms with E-state index in [4.69, 9.17) is 9.47 Å². The van der Waals surface area contributed by atoms with Crippen LogP contribution in [-0.2, 0) is 4.74 Å². The van der Waals surface area contributed by atoms with Crippen molar-refractivity contribution in [2.24, 2.45) is 0 Å². The molecule has 11 heteroatoms. The lowest BCUT2D eigenvalue weighted by Gasteiger charge is -2.34. The maximum Gasteiger partial charge on any atom is 0.339 e. The number of rotatable bonds is 4. The molecule has 180 valence electrons. The minimum atomic E-state index is -1.52. The predicted octanol–water partition coefficient (Wildman–Crippen LogP) is 1.17. The lowest BCUT2D eigenvalue weighted by atomic mass is 9.78. The molecule has 0 bridgehead atoms. The standard InChI is InChI=1S/C23H22O11/c1-7-13-10(5-11(26)14(7)23(31)32)18(27)17-16(19(13)28)20(29)15(21(30)22(17)33-2)12-4-8(25)3-9(6-24)34-12/h5,8-9,12,24-26,29-30H,3-4,6H2,1-2H3,(H,31,32)/t8-,9-,12?/m0/s1. The van der Waals surface area contributed by atoms with Crippen molar-refractivity contribution < 1.29 is 54.5 Å². The molecule has 0 aromatic heterocycles. The lowest BCUT2D eigenvalue weighted by Crippen LogP contribution is -2.34. The smallest absolute Gasteiger partial charge is 0.339 e. The number of aliphatic hydroxyl groups excluding tert-OH is 2. The van der Waals surface area contributed by atoms with Gasteiger partial charge in [0.2, 0.25) is 0 Å². The number of benzene rings is 2. The lowest BCUT2D eigenvalue weighted by molar-refractivity contribution is -0.114. The topological polar surface area (TPSA) is 191 Å². The van der Waals surface area contributed by atoms with Gasteiger partial charge in [0, 0.05) is 24.0 Å². The quantitative estimate of drug-likeness (QED) is 0.318. The number of ketones is 2. The van der Waals surface area contributed by atoms with Crippen molar-refractivity contribution >= 4 is 17.5 Å². The fourth-order valence-electron chi connectivity index (χ4n) is 4.76. The van der Waals surface area contributed by atoms with Crippen LogP contribution in [0, 0.1) is 6.92 Å². The molecule has 6 N–H and O–H groups in total. The number of ether oxygens (including phenoxy) is 2. The predicted molar refractivity (Wildman–Crippen MR) is 113 cm³/mol. The Kier molecular flexibility index (Phi) is 5.72. The van der Waals surface area contributed by atoms with Crippen LogP contribution in [0.2, 0.25) is 0 Å². The number of aliphatic hydroxyl groups is 2. The highest BCUT2D eigenvalue weighted by Gasteiger charge is 2.43. The van der Waals surface area contributed by atoms with Crippen molar-refractivity contribution in [2.75, 3.05) is 13.7 Å². The number of hydrogen-bond donors (Lipinski definition) is 6. The summed E-state index contributed by atoms with van der Waals surface area (Å²) in [4.78, 5) is 38.5. The van der Waals surface area contributed by atoms with Gasteiger partial charge in [0.1, 0.15) is 17.1 Å². The Morgan fingerprint density at radius 2 is 1.76 bits per heavy atom. The first-order chi connectivity index (χ1) is 16.0. The van der Waals surface area contributed by atoms with Crippen molar-refractivity contribution in [3.63, 3.8) is 0 Å². The van der Waals surface area contributed by atoms with Crippen LogP contribution in [0.15, 0.2) is 6.07 Å². The van der Waals surface area contributed by atoms with Gasteiger partial charge >= 0.3 is 5.97 Å². The van der Waals surface area contributed by atoms with Crippen molar-refractivity contribution in [3.05, 3.63) is 45.0 Å². The van der Waals surface area contributed by atoms with Crippen LogP contribution >= 0.6 is 0 Å². The molecule has 0 radical (unpaired) electrons. The van der Waals surface area contributed by atoms with Gasteiger partial charge in [0.15, 0.2) is 23.1 Å². The Bertz CT molecular complexity index is 1250. The monoisotopic (exact) mass is 474 g/mol. The van der Waals surface area contributed by atoms with Gasteiger partial charge in [-0.15, -0.1) is 0 Å². The maximum absolute atomic E-state index is 13.5. The van der Waals surface area contributed by atoms with Crippen molar-refractivity contribution in [2.45, 2.75) is 38.1 Å². The first-order valence-corrected chi connectivity index (χ1v) is 10.3. The van der Waals surface area contributed by atoms with Gasteiger partial charge in [0.05, 0.1) is 48.7 Å². The molecule has 1 aliphatic heterocycles. The number of carboxylic acid groups (broad SMARTS) is 1. The van der Waals surface area contributed by atoms with Crippen LogP contribution < -0.4 is 4.74 Å². The summed E-state index contributed by atoms with van der Waals surface area (Å²) in [5, 5.41) is 61.2. The molecular formula is C23H22O11. The SMILES string of the molecule is COc1c(O)c(C2C[C@@H](O)C[C@@H](CO)O2)c(O)c2c1C(=O)c1cc(O)c(C(=O)O)c(C)c1C2=O. The molecule has 4 rings (SSSR count). The van der Waals surface area contributed by atoms with E-state index in [0.29, 0.717) is 0 Å². The van der Waals surface area contributed by atoms with E-state index < -0.39 is 82.1 Å². The van der Waals surface area contributed by atoms with E-state index in [-0.39, 0.29) is 35.1 Å². The molecule has 1 unspecified atom stereocenters. The van der Waals surface area contributed by atoms with Crippen molar-refractivity contribution in [1.29, 1.82) is 0 Å². The maximum atomic E-state index is 13.5. The number of aromatic carboxylic acids is 1. The minimum absolute atomic E-state index is 0.0889. The molecular weight excluding hydrogens is 452 g/mol. The molecule has 0 amide bonds. The Hall–Kier alpha value is -3.67. The summed E-state index contributed by atoms with van der Waals surface area (Å²) in [6.45, 7) is 0.808. The molecule has 2 aromatic carbocycles. The fourth-order valence-corrected chi connectivity index (χ4v) is 4.76. The van der Waals surface area contributed by atoms with E-state index in [9.17, 15) is 45.0 Å². The van der Waals surface area contributed by atoms with Crippen molar-refractivity contribution in [3.8, 4) is 23.0 Å². The van der Waals surface area contributed by atoms with Crippen LogP contribution in [-0.4, -0.2) is 74.1 Å². The molecule has 3 atom stereocenters. The molecule has 1 saturated heterocycles. The zero-order chi connectivity index (χ0) is 25.1. The number of aromatic hydroxyl groups is 3. The summed E-state index contributed by atoms with van der Waals surface area (Å²) in [6.07, 6.45) is -2.88. The van der Waals surface area contributed by atoms with Crippen LogP contribution in [0.25, 0.3) is 0 Å². The average molecular weight is 474 g/mol. The van der Waals surface area contributed by atoms with E-state index in [1.54, 1.807) is 0 Å². The summed E-state index contributed by atoms with van der Waals surface area (Å²) >= 11 is 0. The third-order valence-electron chi connectivity index (χ3n) is 6.24. The van der Waals surface area contributed by atoms with Crippen molar-refractivity contribution in [1.82, 2.24) is 0 Å². The summed E-state index contributed by atoms with van der Waals surface area (Å²) < 4.78 is 10.9. The zero-order valence-corrected chi connectivity index (χ0v) is 18.2. The number of methoxy groups -OCH3 is 1. The third-order valence-corrected chi connectivity index (χ3v) is 6.24. The number of carbonyl (C=O) groups excluding carboxylic acids is 2. The van der Waals surface area contributed by atoms with E-state index in [1.807, 2.05) is 0 Å². The second-order valence-electron chi connectivity index (χ2n) is 8.23. The normalized spacial score (nSPS) is 21.7. The van der Waals surface area contributed by atoms with E-state index in [0.717, 1.165) is 13.2 Å². The van der Waals surface area contributed by atoms with E-state index >= 15 is 0 Å². The van der Waals surface area contributed by atoms with Gasteiger partial charge < -0.3 is 40.1 Å². The molecule has 2 aliphatic rings. The Labute approximate surface area is 192 Å². The third kappa shape index (κ3) is 3.28. The number of carboxylic acids is 1. The second-order valence-corrected chi connectivity index (χ2v) is 8.23. The van der Waals surface area contributed by atoms with Gasteiger partial charge in [-0.3, -0.25) is 9.59 Å². The molecule has 0 saturated carbocycles. The summed E-state index contributed by atoms with van der Waals surface area (Å²) in [7, 11) is 1.13. The molecule has 2 aromatic rings. The Morgan fingerprint density at radius 1 is 1.09 bits per heavy atom. The Morgan fingerprint density at radius 3 is 2.35 bits per heavy atom. The van der Waals surface area contributed by atoms with Gasteiger partial charge in [-0.2, -0.15) is 0 Å². The van der Waals surface area contributed by atoms with Crippen LogP contribution in [0.3, 0.4) is 0 Å². The molecule has 34 heavy (non-hydrogen) atoms. The molecule has 1 aliphatic carbocycles. The van der Waals surface area contributed by atoms with Crippen LogP contribution in [0.1, 0.15) is 72.3 Å². The first kappa shape index (κ1) is 23.5. The number of phenolic OH excluding ortho intramolecular Hbond substituents is 2. The first-order valence-electron chi connectivity index (χ1n) is 10.3.